The van der Waals surface area contributed by atoms with E-state index in [1.165, 1.54) is 11.6 Å². The van der Waals surface area contributed by atoms with Gasteiger partial charge in [0, 0.05) is 7.05 Å². The number of furan rings is 1. The van der Waals surface area contributed by atoms with Crippen molar-refractivity contribution in [3.05, 3.63) is 69.3 Å². The third kappa shape index (κ3) is 3.27. The van der Waals surface area contributed by atoms with Crippen LogP contribution < -0.4 is 5.69 Å². The standard InChI is InChI=1S/C20H16F4N4O2/c1-10-4-7-15(30-10)16-17-18(26-11(2)25-16)28(19(29)27(17)3)9-12-5-6-13(21)8-14(12)20(22,23)24/h4-8H,9H2,1-3H3. The summed E-state index contributed by atoms with van der Waals surface area (Å²) in [6, 6.07) is 5.80. The Balaban J connectivity index is 1.96. The van der Waals surface area contributed by atoms with Crippen LogP contribution in [0.25, 0.3) is 22.6 Å². The molecule has 156 valence electrons. The number of benzene rings is 1. The van der Waals surface area contributed by atoms with Crippen molar-refractivity contribution in [2.24, 2.45) is 7.05 Å². The zero-order valence-corrected chi connectivity index (χ0v) is 16.2. The van der Waals surface area contributed by atoms with E-state index in [1.807, 2.05) is 0 Å². The average Bonchev–Trinajstić information content (AvgIpc) is 3.19. The Kier molecular flexibility index (Phi) is 4.52. The van der Waals surface area contributed by atoms with Gasteiger partial charge in [-0.15, -0.1) is 0 Å². The van der Waals surface area contributed by atoms with Crippen LogP contribution in [0.3, 0.4) is 0 Å². The maximum absolute atomic E-state index is 13.4. The molecule has 0 radical (unpaired) electrons. The molecule has 10 heteroatoms. The first-order valence-corrected chi connectivity index (χ1v) is 8.92. The molecule has 0 atom stereocenters. The molecule has 0 aliphatic carbocycles. The molecule has 0 aliphatic rings. The van der Waals surface area contributed by atoms with Gasteiger partial charge < -0.3 is 4.42 Å². The summed E-state index contributed by atoms with van der Waals surface area (Å²) in [5.74, 6) is 0.361. The summed E-state index contributed by atoms with van der Waals surface area (Å²) >= 11 is 0. The summed E-state index contributed by atoms with van der Waals surface area (Å²) < 4.78 is 61.7. The number of aromatic nitrogens is 4. The summed E-state index contributed by atoms with van der Waals surface area (Å²) in [5, 5.41) is 0. The van der Waals surface area contributed by atoms with Gasteiger partial charge in [0.2, 0.25) is 0 Å². The molecule has 1 aromatic carbocycles. The van der Waals surface area contributed by atoms with E-state index in [1.54, 1.807) is 26.0 Å². The molecule has 0 amide bonds. The van der Waals surface area contributed by atoms with E-state index in [4.69, 9.17) is 4.42 Å². The quantitative estimate of drug-likeness (QED) is 0.466. The zero-order valence-electron chi connectivity index (χ0n) is 16.2. The van der Waals surface area contributed by atoms with Gasteiger partial charge in [0.1, 0.15) is 28.6 Å². The maximum atomic E-state index is 13.4. The molecule has 3 aromatic heterocycles. The SMILES string of the molecule is Cc1nc(-c2ccc(C)o2)c2c(n1)n(Cc1ccc(F)cc1C(F)(F)F)c(=O)n2C. The highest BCUT2D eigenvalue weighted by atomic mass is 19.4. The molecule has 0 unspecified atom stereocenters. The van der Waals surface area contributed by atoms with E-state index in [0.717, 1.165) is 16.7 Å². The highest BCUT2D eigenvalue weighted by molar-refractivity contribution is 5.86. The number of alkyl halides is 3. The number of hydrogen-bond donors (Lipinski definition) is 0. The van der Waals surface area contributed by atoms with Crippen molar-refractivity contribution in [3.63, 3.8) is 0 Å². The fourth-order valence-electron chi connectivity index (χ4n) is 3.41. The lowest BCUT2D eigenvalue weighted by atomic mass is 10.1. The second-order valence-electron chi connectivity index (χ2n) is 6.93. The second kappa shape index (κ2) is 6.82. The van der Waals surface area contributed by atoms with Crippen LogP contribution in [0.1, 0.15) is 22.7 Å². The largest absolute Gasteiger partial charge is 0.460 e. The van der Waals surface area contributed by atoms with E-state index in [2.05, 4.69) is 9.97 Å². The predicted octanol–water partition coefficient (Wildman–Crippen LogP) is 4.21. The lowest BCUT2D eigenvalue weighted by molar-refractivity contribution is -0.138. The van der Waals surface area contributed by atoms with Gasteiger partial charge in [-0.25, -0.2) is 19.2 Å². The van der Waals surface area contributed by atoms with Crippen LogP contribution >= 0.6 is 0 Å². The molecule has 3 heterocycles. The minimum atomic E-state index is -4.77. The van der Waals surface area contributed by atoms with Crippen LogP contribution in [0.4, 0.5) is 17.6 Å². The highest BCUT2D eigenvalue weighted by Gasteiger charge is 2.34. The molecule has 4 rings (SSSR count). The lowest BCUT2D eigenvalue weighted by Gasteiger charge is -2.13. The van der Waals surface area contributed by atoms with Crippen molar-refractivity contribution < 1.29 is 22.0 Å². The van der Waals surface area contributed by atoms with E-state index >= 15 is 0 Å². The maximum Gasteiger partial charge on any atom is 0.416 e. The summed E-state index contributed by atoms with van der Waals surface area (Å²) in [4.78, 5) is 21.6. The fraction of sp³-hybridized carbons (Fsp3) is 0.250. The van der Waals surface area contributed by atoms with Gasteiger partial charge in [0.15, 0.2) is 11.4 Å². The van der Waals surface area contributed by atoms with E-state index in [9.17, 15) is 22.4 Å². The Bertz CT molecular complexity index is 1330. The third-order valence-corrected chi connectivity index (χ3v) is 4.77. The fourth-order valence-corrected chi connectivity index (χ4v) is 3.41. The Morgan fingerprint density at radius 3 is 2.47 bits per heavy atom. The molecule has 0 bridgehead atoms. The molecular formula is C20H16F4N4O2. The molecule has 0 saturated carbocycles. The zero-order chi connectivity index (χ0) is 21.8. The van der Waals surface area contributed by atoms with E-state index in [0.29, 0.717) is 34.6 Å². The molecule has 6 nitrogen and oxygen atoms in total. The van der Waals surface area contributed by atoms with Gasteiger partial charge in [-0.1, -0.05) is 6.07 Å². The van der Waals surface area contributed by atoms with Crippen molar-refractivity contribution in [2.75, 3.05) is 0 Å². The van der Waals surface area contributed by atoms with Crippen LogP contribution in [0.2, 0.25) is 0 Å². The van der Waals surface area contributed by atoms with Gasteiger partial charge in [-0.3, -0.25) is 9.13 Å². The van der Waals surface area contributed by atoms with Crippen LogP contribution in [0.5, 0.6) is 0 Å². The van der Waals surface area contributed by atoms with Gasteiger partial charge in [0.25, 0.3) is 0 Å². The van der Waals surface area contributed by atoms with Crippen molar-refractivity contribution in [2.45, 2.75) is 26.6 Å². The molecule has 0 aliphatic heterocycles. The number of hydrogen-bond acceptors (Lipinski definition) is 4. The van der Waals surface area contributed by atoms with Gasteiger partial charge in [-0.05, 0) is 43.7 Å². The first-order valence-electron chi connectivity index (χ1n) is 8.92. The highest BCUT2D eigenvalue weighted by Crippen LogP contribution is 2.33. The molecule has 0 spiro atoms. The number of nitrogens with zero attached hydrogens (tertiary/aromatic N) is 4. The topological polar surface area (TPSA) is 65.8 Å². The van der Waals surface area contributed by atoms with E-state index < -0.39 is 29.8 Å². The van der Waals surface area contributed by atoms with Gasteiger partial charge in [0.05, 0.1) is 12.1 Å². The molecule has 4 aromatic rings. The number of fused-ring (bicyclic) bond motifs is 1. The normalized spacial score (nSPS) is 12.1. The number of rotatable bonds is 3. The first kappa shape index (κ1) is 19.9. The minimum Gasteiger partial charge on any atom is -0.460 e. The third-order valence-electron chi connectivity index (χ3n) is 4.77. The lowest BCUT2D eigenvalue weighted by Crippen LogP contribution is -2.24. The van der Waals surface area contributed by atoms with Crippen LogP contribution in [-0.4, -0.2) is 19.1 Å². The summed E-state index contributed by atoms with van der Waals surface area (Å²) in [6.07, 6.45) is -4.77. The Morgan fingerprint density at radius 2 is 1.83 bits per heavy atom. The Morgan fingerprint density at radius 1 is 1.10 bits per heavy atom. The Labute approximate surface area is 167 Å². The molecule has 0 N–H and O–H groups in total. The van der Waals surface area contributed by atoms with Crippen molar-refractivity contribution in [1.82, 2.24) is 19.1 Å². The summed E-state index contributed by atoms with van der Waals surface area (Å²) in [7, 11) is 1.48. The van der Waals surface area contributed by atoms with E-state index in [-0.39, 0.29) is 11.2 Å². The van der Waals surface area contributed by atoms with Crippen molar-refractivity contribution in [1.29, 1.82) is 0 Å². The smallest absolute Gasteiger partial charge is 0.416 e. The van der Waals surface area contributed by atoms with Gasteiger partial charge >= 0.3 is 11.9 Å². The van der Waals surface area contributed by atoms with Crippen LogP contribution in [0.15, 0.2) is 39.5 Å². The van der Waals surface area contributed by atoms with Crippen molar-refractivity contribution in [3.8, 4) is 11.5 Å². The minimum absolute atomic E-state index is 0.163. The van der Waals surface area contributed by atoms with Crippen LogP contribution in [-0.2, 0) is 19.8 Å². The van der Waals surface area contributed by atoms with Crippen LogP contribution in [0, 0.1) is 19.7 Å². The molecular weight excluding hydrogens is 404 g/mol. The number of halogens is 4. The number of aryl methyl sites for hydroxylation is 3. The molecule has 0 fully saturated rings. The average molecular weight is 420 g/mol. The summed E-state index contributed by atoms with van der Waals surface area (Å²) in [5.41, 5.74) is -1.11. The number of imidazole rings is 1. The van der Waals surface area contributed by atoms with Crippen molar-refractivity contribution >= 4 is 11.2 Å². The predicted molar refractivity (Wildman–Crippen MR) is 100 cm³/mol. The first-order chi connectivity index (χ1) is 14.1. The molecule has 0 saturated heterocycles. The summed E-state index contributed by atoms with van der Waals surface area (Å²) in [6.45, 7) is 2.93. The monoisotopic (exact) mass is 420 g/mol. The molecule has 30 heavy (non-hydrogen) atoms. The van der Waals surface area contributed by atoms with Gasteiger partial charge in [-0.2, -0.15) is 13.2 Å². The second-order valence-corrected chi connectivity index (χ2v) is 6.93. The Hall–Kier alpha value is -3.43.